The molecule has 2 aromatic carbocycles. The largest absolute Gasteiger partial charge is 0.368 e. The van der Waals surface area contributed by atoms with Crippen molar-refractivity contribution in [2.75, 3.05) is 19.4 Å². The Bertz CT molecular complexity index is 1420. The van der Waals surface area contributed by atoms with Gasteiger partial charge in [0.2, 0.25) is 10.0 Å². The van der Waals surface area contributed by atoms with Crippen molar-refractivity contribution < 1.29 is 33.6 Å². The Hall–Kier alpha value is -2.36. The Morgan fingerprint density at radius 3 is 2.55 bits per heavy atom. The fraction of sp³-hybridized carbons (Fsp3) is 0.458. The van der Waals surface area contributed by atoms with Crippen LogP contribution in [0.4, 0.5) is 8.78 Å². The predicted molar refractivity (Wildman–Crippen MR) is 119 cm³/mol. The van der Waals surface area contributed by atoms with E-state index in [0.29, 0.717) is 25.9 Å². The molecule has 2 heterocycles. The number of sulfonamides is 1. The Labute approximate surface area is 199 Å². The van der Waals surface area contributed by atoms with Gasteiger partial charge >= 0.3 is 0 Å². The first-order valence-corrected chi connectivity index (χ1v) is 12.6. The number of amides is 1. The topological polar surface area (TPSA) is 75.7 Å². The number of hydrogen-bond acceptors (Lipinski definition) is 4. The fourth-order valence-corrected chi connectivity index (χ4v) is 5.75. The lowest BCUT2D eigenvalue weighted by Gasteiger charge is -2.34. The van der Waals surface area contributed by atoms with Gasteiger partial charge in [-0.3, -0.25) is 4.79 Å². The predicted octanol–water partition coefficient (Wildman–Crippen LogP) is 2.87. The van der Waals surface area contributed by atoms with E-state index in [2.05, 4.69) is 4.72 Å². The summed E-state index contributed by atoms with van der Waals surface area (Å²) in [6.07, 6.45) is 1.88. The van der Waals surface area contributed by atoms with Gasteiger partial charge in [0.1, 0.15) is 17.7 Å². The summed E-state index contributed by atoms with van der Waals surface area (Å²) in [4.78, 5) is 14.7. The smallest absolute Gasteiger partial charge is 0.252 e. The fourth-order valence-electron chi connectivity index (χ4n) is 4.88. The van der Waals surface area contributed by atoms with Gasteiger partial charge < -0.3 is 9.64 Å². The third-order valence-corrected chi connectivity index (χ3v) is 7.41. The molecule has 3 aliphatic rings. The van der Waals surface area contributed by atoms with E-state index in [1.54, 1.807) is 0 Å². The zero-order chi connectivity index (χ0) is 27.7. The molecule has 2 saturated heterocycles. The third-order valence-electron chi connectivity index (χ3n) is 6.73. The van der Waals surface area contributed by atoms with E-state index in [4.69, 9.17) is 11.6 Å². The maximum absolute atomic E-state index is 16.0. The molecule has 33 heavy (non-hydrogen) atoms. The van der Waals surface area contributed by atoms with Gasteiger partial charge in [0.15, 0.2) is 0 Å². The maximum atomic E-state index is 16.0. The highest BCUT2D eigenvalue weighted by Gasteiger charge is 2.61. The summed E-state index contributed by atoms with van der Waals surface area (Å²) in [5.41, 5.74) is -1.72. The molecule has 176 valence electrons. The average Bonchev–Trinajstić information content (AvgIpc) is 3.52. The second kappa shape index (κ2) is 8.14. The molecule has 0 radical (unpaired) electrons. The minimum atomic E-state index is -3.72. The van der Waals surface area contributed by atoms with Crippen molar-refractivity contribution >= 4 is 15.9 Å². The monoisotopic (exact) mass is 481 g/mol. The first-order chi connectivity index (χ1) is 17.7. The first-order valence-electron chi connectivity index (χ1n) is 13.2. The number of nitrogens with zero attached hydrogens (tertiary/aromatic N) is 1. The van der Waals surface area contributed by atoms with Crippen LogP contribution < -0.4 is 4.72 Å². The minimum Gasteiger partial charge on any atom is -0.368 e. The number of ether oxygens (including phenoxy) is 1. The van der Waals surface area contributed by atoms with Crippen LogP contribution in [0.1, 0.15) is 31.7 Å². The van der Waals surface area contributed by atoms with E-state index in [1.807, 2.05) is 0 Å². The normalized spacial score (nSPS) is 27.9. The van der Waals surface area contributed by atoms with Crippen LogP contribution in [0.2, 0.25) is 0 Å². The molecule has 0 unspecified atom stereocenters. The maximum Gasteiger partial charge on any atom is 0.252 e. The summed E-state index contributed by atoms with van der Waals surface area (Å²) in [5, 5.41) is 0. The second-order valence-electron chi connectivity index (χ2n) is 9.04. The molecule has 3 fully saturated rings. The van der Waals surface area contributed by atoms with Crippen LogP contribution in [0, 0.1) is 17.0 Å². The molecule has 3 atom stereocenters. The molecule has 0 aromatic heterocycles. The number of benzene rings is 2. The number of halogens is 2. The van der Waals surface area contributed by atoms with Gasteiger partial charge in [-0.1, -0.05) is 30.2 Å². The molecule has 1 aliphatic carbocycles. The van der Waals surface area contributed by atoms with Crippen LogP contribution in [0.5, 0.6) is 0 Å². The Balaban J connectivity index is 1.60. The summed E-state index contributed by atoms with van der Waals surface area (Å²) in [5.74, 6) is -2.25. The van der Waals surface area contributed by atoms with E-state index in [9.17, 15) is 17.6 Å². The van der Waals surface area contributed by atoms with Crippen LogP contribution in [0.15, 0.2) is 42.3 Å². The van der Waals surface area contributed by atoms with E-state index in [-0.39, 0.29) is 24.4 Å². The number of likely N-dealkylation sites (tertiary alicyclic amines) is 1. The van der Waals surface area contributed by atoms with Crippen LogP contribution in [0.25, 0.3) is 11.1 Å². The van der Waals surface area contributed by atoms with Crippen molar-refractivity contribution in [3.8, 4) is 11.1 Å². The second-order valence-corrected chi connectivity index (χ2v) is 10.8. The highest BCUT2D eigenvalue weighted by molar-refractivity contribution is 7.88. The molecule has 1 N–H and O–H groups in total. The van der Waals surface area contributed by atoms with Gasteiger partial charge in [-0.15, -0.1) is 0 Å². The zero-order valence-electron chi connectivity index (χ0n) is 22.9. The molecule has 5 rings (SSSR count). The van der Waals surface area contributed by atoms with Crippen LogP contribution >= 0.6 is 0 Å². The quantitative estimate of drug-likeness (QED) is 0.689. The Morgan fingerprint density at radius 2 is 1.97 bits per heavy atom. The van der Waals surface area contributed by atoms with E-state index in [0.717, 1.165) is 18.4 Å². The Morgan fingerprint density at radius 1 is 1.27 bits per heavy atom. The van der Waals surface area contributed by atoms with Crippen LogP contribution in [-0.4, -0.2) is 56.8 Å². The molecule has 6 nitrogen and oxygen atoms in total. The number of carbonyl (C=O) groups excluding carboxylic acids is 1. The molecular weight excluding hydrogens is 450 g/mol. The van der Waals surface area contributed by atoms with E-state index in [1.165, 1.54) is 4.90 Å². The third kappa shape index (κ3) is 4.29. The molecule has 9 heteroatoms. The van der Waals surface area contributed by atoms with Crippen molar-refractivity contribution in [1.29, 1.82) is 0 Å². The molecule has 1 amide bonds. The molecule has 2 aliphatic heterocycles. The summed E-state index contributed by atoms with van der Waals surface area (Å²) in [7, 11) is -3.72. The van der Waals surface area contributed by atoms with E-state index >= 15 is 4.39 Å². The number of carbonyl (C=O) groups is 1. The first kappa shape index (κ1) is 17.1. The lowest BCUT2D eigenvalue weighted by Crippen LogP contribution is -2.53. The van der Waals surface area contributed by atoms with Gasteiger partial charge in [-0.25, -0.2) is 21.9 Å². The van der Waals surface area contributed by atoms with E-state index < -0.39 is 86.6 Å². The molecular formula is C24H26F2N2O4S. The average molecular weight is 482 g/mol. The minimum absolute atomic E-state index is 0.206. The SMILES string of the molecule is [2H]c1c([2H])c([2H])c(-c2cc(F)cc(C[C@H]3[C@@H](NS(C)(=O)=O)C4(CC4)CN3C(=O)[C@H]3CCO3)c2F)c([2H])c1[2H]. The van der Waals surface area contributed by atoms with Gasteiger partial charge in [0, 0.05) is 30.0 Å². The highest BCUT2D eigenvalue weighted by atomic mass is 32.2. The molecule has 1 spiro atoms. The number of rotatable bonds is 6. The molecule has 0 bridgehead atoms. The zero-order valence-corrected chi connectivity index (χ0v) is 18.7. The summed E-state index contributed by atoms with van der Waals surface area (Å²) < 4.78 is 103. The summed E-state index contributed by atoms with van der Waals surface area (Å²) in [6.45, 7) is 0.668. The molecule has 1 saturated carbocycles. The van der Waals surface area contributed by atoms with Crippen molar-refractivity contribution in [2.45, 2.75) is 43.9 Å². The summed E-state index contributed by atoms with van der Waals surface area (Å²) in [6, 6.07) is -3.31. The van der Waals surface area contributed by atoms with Crippen molar-refractivity contribution in [1.82, 2.24) is 9.62 Å². The van der Waals surface area contributed by atoms with Gasteiger partial charge in [-0.05, 0) is 42.5 Å². The Kier molecular flexibility index (Phi) is 4.23. The molecule has 2 aromatic rings. The van der Waals surface area contributed by atoms with Crippen LogP contribution in [-0.2, 0) is 26.0 Å². The van der Waals surface area contributed by atoms with Gasteiger partial charge in [-0.2, -0.15) is 0 Å². The number of nitrogens with one attached hydrogen (secondary N) is 1. The standard InChI is InChI=1S/C24H26F2N2O4S/c1-33(30,31)27-22-19(28(14-24(22)8-9-24)23(29)20-7-10-32-20)12-16-11-17(25)13-18(21(16)26)15-5-3-2-4-6-15/h2-6,11,13,19-20,22,27H,7-10,12,14H2,1H3/t19-,20+,22+/m0/s1/i2D,3D,4D,5D,6D. The van der Waals surface area contributed by atoms with Gasteiger partial charge in [0.25, 0.3) is 5.91 Å². The van der Waals surface area contributed by atoms with Crippen molar-refractivity contribution in [3.05, 3.63) is 59.5 Å². The summed E-state index contributed by atoms with van der Waals surface area (Å²) >= 11 is 0. The number of hydrogen-bond donors (Lipinski definition) is 1. The highest BCUT2D eigenvalue weighted by Crippen LogP contribution is 2.56. The van der Waals surface area contributed by atoms with Crippen molar-refractivity contribution in [3.63, 3.8) is 0 Å². The van der Waals surface area contributed by atoms with Crippen LogP contribution in [0.3, 0.4) is 0 Å². The van der Waals surface area contributed by atoms with Gasteiger partial charge in [0.05, 0.1) is 25.8 Å². The lowest BCUT2D eigenvalue weighted by molar-refractivity contribution is -0.157. The lowest BCUT2D eigenvalue weighted by atomic mass is 9.91. The van der Waals surface area contributed by atoms with Crippen molar-refractivity contribution in [2.24, 2.45) is 5.41 Å².